The van der Waals surface area contributed by atoms with Crippen LogP contribution in [0.3, 0.4) is 0 Å². The number of pyridine rings is 1. The lowest BCUT2D eigenvalue weighted by atomic mass is 10.3. The zero-order valence-corrected chi connectivity index (χ0v) is 9.39. The van der Waals surface area contributed by atoms with Gasteiger partial charge in [-0.05, 0) is 15.9 Å². The molecule has 1 aromatic heterocycles. The molecule has 0 aliphatic rings. The van der Waals surface area contributed by atoms with E-state index in [2.05, 4.69) is 25.7 Å². The number of halogens is 4. The Bertz CT molecular complexity index is 442. The van der Waals surface area contributed by atoms with Crippen molar-refractivity contribution in [3.8, 4) is 17.6 Å². The van der Waals surface area contributed by atoms with E-state index in [1.165, 1.54) is 6.07 Å². The fraction of sp³-hybridized carbons (Fsp3) is 0.250. The van der Waals surface area contributed by atoms with Gasteiger partial charge in [0.15, 0.2) is 11.4 Å². The van der Waals surface area contributed by atoms with Gasteiger partial charge in [0.05, 0.1) is 11.6 Å². The SMILES string of the molecule is COc1c(Br)cnc(C#N)c1OC(F)(F)F. The number of ether oxygens (including phenoxy) is 2. The van der Waals surface area contributed by atoms with E-state index < -0.39 is 17.8 Å². The van der Waals surface area contributed by atoms with E-state index in [-0.39, 0.29) is 10.2 Å². The quantitative estimate of drug-likeness (QED) is 0.842. The molecule has 0 fully saturated rings. The second-order valence-corrected chi connectivity index (χ2v) is 3.33. The molecule has 0 radical (unpaired) electrons. The van der Waals surface area contributed by atoms with Crippen molar-refractivity contribution in [2.75, 3.05) is 7.11 Å². The van der Waals surface area contributed by atoms with Crippen molar-refractivity contribution in [2.45, 2.75) is 6.36 Å². The van der Waals surface area contributed by atoms with Crippen LogP contribution in [0.2, 0.25) is 0 Å². The van der Waals surface area contributed by atoms with E-state index in [1.807, 2.05) is 0 Å². The van der Waals surface area contributed by atoms with Gasteiger partial charge in [0, 0.05) is 6.20 Å². The molecule has 1 rings (SSSR count). The van der Waals surface area contributed by atoms with Gasteiger partial charge in [-0.25, -0.2) is 4.98 Å². The van der Waals surface area contributed by atoms with Crippen molar-refractivity contribution in [3.63, 3.8) is 0 Å². The Kier molecular flexibility index (Phi) is 3.59. The Balaban J connectivity index is 3.32. The summed E-state index contributed by atoms with van der Waals surface area (Å²) in [7, 11) is 1.16. The standard InChI is InChI=1S/C8H4BrF3N2O2/c1-15-6-4(9)3-14-5(2-13)7(6)16-8(10,11)12/h3H,1H3. The van der Waals surface area contributed by atoms with Crippen LogP contribution in [0.15, 0.2) is 10.7 Å². The maximum atomic E-state index is 12.1. The van der Waals surface area contributed by atoms with Gasteiger partial charge < -0.3 is 9.47 Å². The summed E-state index contributed by atoms with van der Waals surface area (Å²) in [5.41, 5.74) is -0.502. The van der Waals surface area contributed by atoms with Crippen LogP contribution in [0, 0.1) is 11.3 Å². The molecule has 0 aromatic carbocycles. The third kappa shape index (κ3) is 2.76. The first kappa shape index (κ1) is 12.6. The molecule has 1 aromatic rings. The molecule has 0 aliphatic carbocycles. The molecule has 0 saturated heterocycles. The van der Waals surface area contributed by atoms with Gasteiger partial charge in [-0.2, -0.15) is 5.26 Å². The smallest absolute Gasteiger partial charge is 0.492 e. The van der Waals surface area contributed by atoms with Crippen LogP contribution in [-0.4, -0.2) is 18.5 Å². The lowest BCUT2D eigenvalue weighted by Crippen LogP contribution is -2.19. The Morgan fingerprint density at radius 2 is 2.06 bits per heavy atom. The summed E-state index contributed by atoms with van der Waals surface area (Å²) < 4.78 is 44.8. The average Bonchev–Trinajstić information content (AvgIpc) is 2.16. The summed E-state index contributed by atoms with van der Waals surface area (Å²) in [4.78, 5) is 3.48. The number of rotatable bonds is 2. The van der Waals surface area contributed by atoms with Crippen LogP contribution >= 0.6 is 15.9 Å². The van der Waals surface area contributed by atoms with Gasteiger partial charge in [-0.3, -0.25) is 0 Å². The molecule has 0 atom stereocenters. The maximum absolute atomic E-state index is 12.1. The fourth-order valence-electron chi connectivity index (χ4n) is 0.935. The van der Waals surface area contributed by atoms with Gasteiger partial charge in [0.2, 0.25) is 5.75 Å². The predicted molar refractivity (Wildman–Crippen MR) is 49.9 cm³/mol. The molecule has 16 heavy (non-hydrogen) atoms. The van der Waals surface area contributed by atoms with Crippen molar-refractivity contribution >= 4 is 15.9 Å². The van der Waals surface area contributed by atoms with E-state index in [0.717, 1.165) is 13.3 Å². The number of methoxy groups -OCH3 is 1. The van der Waals surface area contributed by atoms with Gasteiger partial charge in [-0.1, -0.05) is 0 Å². The molecule has 0 saturated carbocycles. The number of hydrogen-bond acceptors (Lipinski definition) is 4. The molecule has 1 heterocycles. The summed E-state index contributed by atoms with van der Waals surface area (Å²) in [6.45, 7) is 0. The molecule has 8 heteroatoms. The first-order valence-electron chi connectivity index (χ1n) is 3.77. The number of aromatic nitrogens is 1. The van der Waals surface area contributed by atoms with Crippen LogP contribution in [0.5, 0.6) is 11.5 Å². The first-order chi connectivity index (χ1) is 7.39. The minimum Gasteiger partial charge on any atom is -0.492 e. The first-order valence-corrected chi connectivity index (χ1v) is 4.56. The summed E-state index contributed by atoms with van der Waals surface area (Å²) in [6.07, 6.45) is -3.76. The summed E-state index contributed by atoms with van der Waals surface area (Å²) in [5, 5.41) is 8.60. The molecule has 4 nitrogen and oxygen atoms in total. The second-order valence-electron chi connectivity index (χ2n) is 2.48. The monoisotopic (exact) mass is 296 g/mol. The van der Waals surface area contributed by atoms with Crippen molar-refractivity contribution in [2.24, 2.45) is 0 Å². The highest BCUT2D eigenvalue weighted by Crippen LogP contribution is 2.39. The fourth-order valence-corrected chi connectivity index (χ4v) is 1.38. The van der Waals surface area contributed by atoms with Crippen molar-refractivity contribution in [3.05, 3.63) is 16.4 Å². The minimum atomic E-state index is -4.92. The minimum absolute atomic E-state index is 0.160. The molecular formula is C8H4BrF3N2O2. The third-order valence-corrected chi connectivity index (χ3v) is 2.04. The molecular weight excluding hydrogens is 293 g/mol. The van der Waals surface area contributed by atoms with Crippen molar-refractivity contribution in [1.82, 2.24) is 4.98 Å². The Labute approximate surface area is 96.7 Å². The molecule has 0 aliphatic heterocycles. The van der Waals surface area contributed by atoms with E-state index in [4.69, 9.17) is 10.00 Å². The number of hydrogen-bond donors (Lipinski definition) is 0. The number of alkyl halides is 3. The van der Waals surface area contributed by atoms with Gasteiger partial charge in [0.25, 0.3) is 0 Å². The van der Waals surface area contributed by atoms with E-state index >= 15 is 0 Å². The zero-order chi connectivity index (χ0) is 12.3. The zero-order valence-electron chi connectivity index (χ0n) is 7.80. The average molecular weight is 297 g/mol. The molecule has 0 unspecified atom stereocenters. The molecule has 0 amide bonds. The highest BCUT2D eigenvalue weighted by molar-refractivity contribution is 9.10. The normalized spacial score (nSPS) is 10.8. The summed E-state index contributed by atoms with van der Waals surface area (Å²) in [6, 6.07) is 1.48. The molecule has 0 N–H and O–H groups in total. The molecule has 0 spiro atoms. The Hall–Kier alpha value is -1.49. The van der Waals surface area contributed by atoms with E-state index in [9.17, 15) is 13.2 Å². The van der Waals surface area contributed by atoms with Crippen LogP contribution in [0.1, 0.15) is 5.69 Å². The number of nitriles is 1. The van der Waals surface area contributed by atoms with E-state index in [1.54, 1.807) is 0 Å². The van der Waals surface area contributed by atoms with Crippen molar-refractivity contribution in [1.29, 1.82) is 5.26 Å². The summed E-state index contributed by atoms with van der Waals surface area (Å²) >= 11 is 2.93. The van der Waals surface area contributed by atoms with Gasteiger partial charge in [-0.15, -0.1) is 13.2 Å². The lowest BCUT2D eigenvalue weighted by Gasteiger charge is -2.13. The predicted octanol–water partition coefficient (Wildman–Crippen LogP) is 2.62. The largest absolute Gasteiger partial charge is 0.573 e. The van der Waals surface area contributed by atoms with Crippen LogP contribution in [0.4, 0.5) is 13.2 Å². The molecule has 86 valence electrons. The summed E-state index contributed by atoms with van der Waals surface area (Å²) in [5.74, 6) is -0.990. The topological polar surface area (TPSA) is 55.1 Å². The van der Waals surface area contributed by atoms with Crippen LogP contribution in [0.25, 0.3) is 0 Å². The maximum Gasteiger partial charge on any atom is 0.573 e. The van der Waals surface area contributed by atoms with Crippen LogP contribution < -0.4 is 9.47 Å². The van der Waals surface area contributed by atoms with Gasteiger partial charge >= 0.3 is 6.36 Å². The van der Waals surface area contributed by atoms with Gasteiger partial charge in [0.1, 0.15) is 6.07 Å². The van der Waals surface area contributed by atoms with E-state index in [0.29, 0.717) is 0 Å². The Morgan fingerprint density at radius 3 is 2.50 bits per heavy atom. The molecule has 0 bridgehead atoms. The number of nitrogens with zero attached hydrogens (tertiary/aromatic N) is 2. The van der Waals surface area contributed by atoms with Crippen LogP contribution in [-0.2, 0) is 0 Å². The Morgan fingerprint density at radius 1 is 1.44 bits per heavy atom. The third-order valence-electron chi connectivity index (χ3n) is 1.47. The highest BCUT2D eigenvalue weighted by Gasteiger charge is 2.34. The second kappa shape index (κ2) is 4.57. The lowest BCUT2D eigenvalue weighted by molar-refractivity contribution is -0.275. The highest BCUT2D eigenvalue weighted by atomic mass is 79.9. The van der Waals surface area contributed by atoms with Crippen molar-refractivity contribution < 1.29 is 22.6 Å².